The van der Waals surface area contributed by atoms with Crippen LogP contribution in [0.2, 0.25) is 0 Å². The van der Waals surface area contributed by atoms with Gasteiger partial charge in [-0.2, -0.15) is 44.6 Å². The molecule has 6 rings (SSSR count). The molecule has 0 aliphatic carbocycles. The van der Waals surface area contributed by atoms with Gasteiger partial charge in [0.05, 0.1) is 16.7 Å². The monoisotopic (exact) mass is 800 g/mol. The van der Waals surface area contributed by atoms with Gasteiger partial charge in [-0.3, -0.25) is 0 Å². The van der Waals surface area contributed by atoms with Crippen LogP contribution in [0.25, 0.3) is 42.2 Å². The van der Waals surface area contributed by atoms with Crippen molar-refractivity contribution < 1.29 is 64.4 Å². The summed E-state index contributed by atoms with van der Waals surface area (Å²) < 4.78 is 129. The summed E-state index contributed by atoms with van der Waals surface area (Å²) in [4.78, 5) is 0.559. The van der Waals surface area contributed by atoms with Crippen molar-refractivity contribution in [1.82, 2.24) is 10.2 Å². The Bertz CT molecular complexity index is 1930. The fourth-order valence-corrected chi connectivity index (χ4v) is 5.63. The summed E-state index contributed by atoms with van der Waals surface area (Å²) >= 11 is 1.34. The Kier molecular flexibility index (Phi) is 7.68. The molecule has 0 atom stereocenters. The topological polar surface area (TPSA) is 35.0 Å². The molecule has 0 saturated heterocycles. The third-order valence-electron chi connectivity index (χ3n) is 6.40. The zero-order chi connectivity index (χ0) is 30.0. The molecule has 0 N–H and O–H groups in total. The van der Waals surface area contributed by atoms with E-state index in [4.69, 9.17) is 4.74 Å². The molecule has 1 radical (unpaired) electrons. The maximum absolute atomic E-state index is 13.7. The van der Waals surface area contributed by atoms with Gasteiger partial charge >= 0.3 is 18.5 Å². The first-order chi connectivity index (χ1) is 19.7. The van der Waals surface area contributed by atoms with Gasteiger partial charge in [-0.05, 0) is 43.9 Å². The molecule has 0 saturated carbocycles. The van der Waals surface area contributed by atoms with E-state index in [1.165, 1.54) is 11.3 Å². The Balaban J connectivity index is 0.00000368. The maximum Gasteiger partial charge on any atom is 0.417 e. The number of benzene rings is 4. The molecule has 2 aromatic heterocycles. The second-order valence-electron chi connectivity index (χ2n) is 9.14. The van der Waals surface area contributed by atoms with Gasteiger partial charge in [-0.15, -0.1) is 28.7 Å². The van der Waals surface area contributed by atoms with Crippen LogP contribution >= 0.6 is 11.3 Å². The molecule has 4 aromatic carbocycles. The molecule has 0 bridgehead atoms. The fraction of sp³-hybridized carbons (Fsp3) is 0.103. The number of hydrogen-bond acceptors (Lipinski definition) is 4. The van der Waals surface area contributed by atoms with Gasteiger partial charge in [0.2, 0.25) is 5.88 Å². The van der Waals surface area contributed by atoms with Crippen molar-refractivity contribution in [2.75, 3.05) is 0 Å². The van der Waals surface area contributed by atoms with E-state index in [1.54, 1.807) is 36.4 Å². The summed E-state index contributed by atoms with van der Waals surface area (Å²) in [5.41, 5.74) is -7.62. The Hall–Kier alpha value is -3.74. The average Bonchev–Trinajstić information content (AvgIpc) is 3.34. The molecular weight excluding hydrogens is 788 g/mol. The molecule has 0 aliphatic heterocycles. The quantitative estimate of drug-likeness (QED) is 0.102. The van der Waals surface area contributed by atoms with Crippen LogP contribution in [0.15, 0.2) is 72.8 Å². The minimum Gasteiger partial charge on any atom is -0.437 e. The Morgan fingerprint density at radius 2 is 1.21 bits per heavy atom. The molecule has 0 aliphatic rings. The summed E-state index contributed by atoms with van der Waals surface area (Å²) in [5.74, 6) is -1.64. The molecule has 6 aromatic rings. The van der Waals surface area contributed by atoms with Crippen molar-refractivity contribution in [1.29, 1.82) is 0 Å². The molecule has 0 spiro atoms. The molecule has 0 unspecified atom stereocenters. The first-order valence-electron chi connectivity index (χ1n) is 11.9. The molecule has 0 fully saturated rings. The van der Waals surface area contributed by atoms with Gasteiger partial charge in [-0.25, -0.2) is 11.3 Å². The van der Waals surface area contributed by atoms with Gasteiger partial charge in [0, 0.05) is 31.2 Å². The second-order valence-corrected chi connectivity index (χ2v) is 10.2. The van der Waals surface area contributed by atoms with E-state index >= 15 is 0 Å². The van der Waals surface area contributed by atoms with Crippen LogP contribution < -0.4 is 4.74 Å². The summed E-state index contributed by atoms with van der Waals surface area (Å²) in [7, 11) is 0. The Morgan fingerprint density at radius 3 is 1.77 bits per heavy atom. The first-order valence-corrected chi connectivity index (χ1v) is 12.7. The number of hydrogen-bond donors (Lipinski definition) is 0. The smallest absolute Gasteiger partial charge is 0.417 e. The summed E-state index contributed by atoms with van der Waals surface area (Å²) in [6.07, 6.45) is -17.5. The number of aromatic nitrogens is 2. The van der Waals surface area contributed by atoms with Gasteiger partial charge < -0.3 is 4.74 Å². The summed E-state index contributed by atoms with van der Waals surface area (Å²) in [6.45, 7) is 0. The van der Waals surface area contributed by atoms with Crippen molar-refractivity contribution in [2.24, 2.45) is 0 Å². The molecule has 3 nitrogen and oxygen atoms in total. The number of alkyl halides is 9. The Morgan fingerprint density at radius 1 is 0.651 bits per heavy atom. The zero-order valence-corrected chi connectivity index (χ0v) is 24.1. The van der Waals surface area contributed by atoms with Crippen LogP contribution in [0.3, 0.4) is 0 Å². The van der Waals surface area contributed by atoms with Crippen molar-refractivity contribution >= 4 is 43.0 Å². The average molecular weight is 800 g/mol. The summed E-state index contributed by atoms with van der Waals surface area (Å²) in [6, 6.07) is 20.6. The summed E-state index contributed by atoms with van der Waals surface area (Å²) in [5, 5.41) is 10.8. The number of thiophene rings is 1. The predicted molar refractivity (Wildman–Crippen MR) is 138 cm³/mol. The minimum atomic E-state index is -5.96. The van der Waals surface area contributed by atoms with Crippen molar-refractivity contribution in [3.05, 3.63) is 95.6 Å². The fourth-order valence-electron chi connectivity index (χ4n) is 4.62. The molecule has 2 heterocycles. The molecular formula is C29H12F9IrN2OS-. The number of ether oxygens (including phenoxy) is 1. The number of halogens is 9. The van der Waals surface area contributed by atoms with E-state index in [0.717, 1.165) is 15.5 Å². The normalized spacial score (nSPS) is 12.6. The number of rotatable bonds is 3. The van der Waals surface area contributed by atoms with Gasteiger partial charge in [0.15, 0.2) is 0 Å². The predicted octanol–water partition coefficient (Wildman–Crippen LogP) is 10.3. The maximum atomic E-state index is 13.7. The van der Waals surface area contributed by atoms with Gasteiger partial charge in [-0.1, -0.05) is 42.5 Å². The largest absolute Gasteiger partial charge is 0.437 e. The third-order valence-corrected chi connectivity index (χ3v) is 7.47. The third kappa shape index (κ3) is 5.78. The van der Waals surface area contributed by atoms with E-state index in [9.17, 15) is 39.5 Å². The van der Waals surface area contributed by atoms with E-state index in [-0.39, 0.29) is 37.6 Å². The van der Waals surface area contributed by atoms with Crippen LogP contribution in [0.4, 0.5) is 39.5 Å². The Labute approximate surface area is 253 Å². The van der Waals surface area contributed by atoms with Crippen LogP contribution in [0, 0.1) is 6.07 Å². The SMILES string of the molecule is FC(F)(F)c1cc(Oc2nnc(-c3[c-]c4ccccc4s3)c3cc4ccccc4cc23)cc(C(F)(F)F)c1C(F)(F)F.[Ir]. The van der Waals surface area contributed by atoms with E-state index < -0.39 is 46.8 Å². The van der Waals surface area contributed by atoms with Crippen molar-refractivity contribution in [3.63, 3.8) is 0 Å². The van der Waals surface area contributed by atoms with Crippen molar-refractivity contribution in [2.45, 2.75) is 18.5 Å². The van der Waals surface area contributed by atoms with Crippen LogP contribution in [-0.2, 0) is 38.6 Å². The van der Waals surface area contributed by atoms with Crippen LogP contribution in [-0.4, -0.2) is 10.2 Å². The van der Waals surface area contributed by atoms with E-state index in [2.05, 4.69) is 16.3 Å². The standard InChI is InChI=1S/C29H12F9N2OS.Ir/c30-27(31,32)20-12-17(13-21(28(33,34)35)24(20)29(36,37)38)41-26-19-10-15-6-2-1-5-14(15)9-18(19)25(39-40-26)23-11-16-7-3-4-8-22(16)42-23;/h1-10,12-13H;/q-1;. The van der Waals surface area contributed by atoms with E-state index in [1.807, 2.05) is 24.3 Å². The zero-order valence-electron chi connectivity index (χ0n) is 20.9. The first kappa shape index (κ1) is 30.7. The van der Waals surface area contributed by atoms with Gasteiger partial charge in [0.25, 0.3) is 0 Å². The number of fused-ring (bicyclic) bond motifs is 3. The number of nitrogens with zero attached hydrogens (tertiary/aromatic N) is 2. The van der Waals surface area contributed by atoms with Crippen LogP contribution in [0.1, 0.15) is 16.7 Å². The van der Waals surface area contributed by atoms with Crippen molar-refractivity contribution in [3.8, 4) is 22.2 Å². The van der Waals surface area contributed by atoms with Gasteiger partial charge in [0.1, 0.15) is 5.75 Å². The second kappa shape index (κ2) is 10.8. The molecule has 14 heteroatoms. The molecule has 43 heavy (non-hydrogen) atoms. The molecule has 0 amide bonds. The molecule has 223 valence electrons. The minimum absolute atomic E-state index is 0. The van der Waals surface area contributed by atoms with E-state index in [0.29, 0.717) is 21.3 Å². The van der Waals surface area contributed by atoms with Crippen LogP contribution in [0.5, 0.6) is 11.6 Å².